The van der Waals surface area contributed by atoms with E-state index in [4.69, 9.17) is 18.0 Å². The standard InChI is InChI=1S/C7H14N2OS/c1-3-5(6(8)11)7(10)9-4-2/h5H,3-4H2,1-2H3,(H2,8,11)(H,9,10). The Kier molecular flexibility index (Phi) is 4.77. The van der Waals surface area contributed by atoms with Crippen molar-refractivity contribution in [2.24, 2.45) is 11.7 Å². The van der Waals surface area contributed by atoms with E-state index in [1.807, 2.05) is 13.8 Å². The maximum Gasteiger partial charge on any atom is 0.229 e. The molecule has 1 atom stereocenters. The Bertz CT molecular complexity index is 159. The molecule has 0 aromatic heterocycles. The first-order valence-corrected chi connectivity index (χ1v) is 4.11. The van der Waals surface area contributed by atoms with Gasteiger partial charge in [0.2, 0.25) is 5.91 Å². The number of hydrogen-bond donors (Lipinski definition) is 2. The Labute approximate surface area is 72.3 Å². The summed E-state index contributed by atoms with van der Waals surface area (Å²) in [5.74, 6) is -0.368. The number of carbonyl (C=O) groups is 1. The van der Waals surface area contributed by atoms with Gasteiger partial charge in [-0.1, -0.05) is 19.1 Å². The number of rotatable bonds is 4. The number of nitrogens with one attached hydrogen (secondary N) is 1. The predicted molar refractivity (Wildman–Crippen MR) is 49.3 cm³/mol. The highest BCUT2D eigenvalue weighted by molar-refractivity contribution is 7.80. The van der Waals surface area contributed by atoms with Crippen LogP contribution in [0, 0.1) is 5.92 Å². The minimum Gasteiger partial charge on any atom is -0.393 e. The number of carbonyl (C=O) groups excluding carboxylic acids is 1. The lowest BCUT2D eigenvalue weighted by Gasteiger charge is -2.11. The lowest BCUT2D eigenvalue weighted by molar-refractivity contribution is -0.122. The maximum absolute atomic E-state index is 11.1. The molecular formula is C7H14N2OS. The van der Waals surface area contributed by atoms with Gasteiger partial charge in [-0.25, -0.2) is 0 Å². The van der Waals surface area contributed by atoms with Gasteiger partial charge >= 0.3 is 0 Å². The molecule has 0 saturated heterocycles. The third kappa shape index (κ3) is 3.32. The number of thiocarbonyl (C=S) groups is 1. The fraction of sp³-hybridized carbons (Fsp3) is 0.714. The molecular weight excluding hydrogens is 160 g/mol. The topological polar surface area (TPSA) is 55.1 Å². The van der Waals surface area contributed by atoms with Crippen molar-refractivity contribution in [1.82, 2.24) is 5.32 Å². The van der Waals surface area contributed by atoms with E-state index in [0.717, 1.165) is 0 Å². The quantitative estimate of drug-likeness (QED) is 0.608. The summed E-state index contributed by atoms with van der Waals surface area (Å²) in [6.45, 7) is 4.38. The minimum absolute atomic E-state index is 0.0671. The van der Waals surface area contributed by atoms with E-state index >= 15 is 0 Å². The van der Waals surface area contributed by atoms with Crippen LogP contribution in [0.2, 0.25) is 0 Å². The predicted octanol–water partition coefficient (Wildman–Crippen LogP) is 0.435. The lowest BCUT2D eigenvalue weighted by Crippen LogP contribution is -2.37. The maximum atomic E-state index is 11.1. The molecule has 3 N–H and O–H groups in total. The Morgan fingerprint density at radius 1 is 1.64 bits per heavy atom. The van der Waals surface area contributed by atoms with E-state index < -0.39 is 0 Å². The Morgan fingerprint density at radius 3 is 2.45 bits per heavy atom. The molecule has 1 unspecified atom stereocenters. The molecule has 0 bridgehead atoms. The van der Waals surface area contributed by atoms with Crippen LogP contribution in [0.5, 0.6) is 0 Å². The van der Waals surface area contributed by atoms with E-state index in [1.54, 1.807) is 0 Å². The van der Waals surface area contributed by atoms with Crippen LogP contribution in [0.1, 0.15) is 20.3 Å². The fourth-order valence-corrected chi connectivity index (χ4v) is 1.09. The second kappa shape index (κ2) is 5.07. The molecule has 3 nitrogen and oxygen atoms in total. The van der Waals surface area contributed by atoms with Crippen molar-refractivity contribution in [1.29, 1.82) is 0 Å². The van der Waals surface area contributed by atoms with Crippen LogP contribution in [0.25, 0.3) is 0 Å². The molecule has 0 aromatic rings. The van der Waals surface area contributed by atoms with Crippen molar-refractivity contribution < 1.29 is 4.79 Å². The third-order valence-corrected chi connectivity index (χ3v) is 1.70. The molecule has 0 aliphatic carbocycles. The van der Waals surface area contributed by atoms with E-state index in [0.29, 0.717) is 13.0 Å². The number of nitrogens with two attached hydrogens (primary N) is 1. The van der Waals surface area contributed by atoms with Crippen LogP contribution >= 0.6 is 12.2 Å². The van der Waals surface area contributed by atoms with Crippen LogP contribution < -0.4 is 11.1 Å². The molecule has 0 rings (SSSR count). The molecule has 0 heterocycles. The SMILES string of the molecule is CCNC(=O)C(CC)C(N)=S. The molecule has 11 heavy (non-hydrogen) atoms. The van der Waals surface area contributed by atoms with Gasteiger partial charge < -0.3 is 11.1 Å². The summed E-state index contributed by atoms with van der Waals surface area (Å²) in [5.41, 5.74) is 5.35. The normalized spacial score (nSPS) is 12.2. The van der Waals surface area contributed by atoms with Crippen molar-refractivity contribution in [2.45, 2.75) is 20.3 Å². The van der Waals surface area contributed by atoms with Gasteiger partial charge in [0.05, 0.1) is 10.9 Å². The highest BCUT2D eigenvalue weighted by Gasteiger charge is 2.17. The summed E-state index contributed by atoms with van der Waals surface area (Å²) < 4.78 is 0. The van der Waals surface area contributed by atoms with E-state index in [2.05, 4.69) is 5.32 Å². The minimum atomic E-state index is -0.301. The van der Waals surface area contributed by atoms with Gasteiger partial charge in [0.1, 0.15) is 0 Å². The van der Waals surface area contributed by atoms with E-state index in [9.17, 15) is 4.79 Å². The van der Waals surface area contributed by atoms with Crippen molar-refractivity contribution in [2.75, 3.05) is 6.54 Å². The summed E-state index contributed by atoms with van der Waals surface area (Å²) in [6, 6.07) is 0. The molecule has 1 amide bonds. The highest BCUT2D eigenvalue weighted by Crippen LogP contribution is 2.02. The zero-order valence-electron chi connectivity index (χ0n) is 6.89. The monoisotopic (exact) mass is 174 g/mol. The fourth-order valence-electron chi connectivity index (χ4n) is 0.813. The molecule has 0 aliphatic rings. The molecule has 0 aromatic carbocycles. The van der Waals surface area contributed by atoms with Crippen LogP contribution in [-0.2, 0) is 4.79 Å². The first-order valence-electron chi connectivity index (χ1n) is 3.70. The van der Waals surface area contributed by atoms with Gasteiger partial charge in [-0.15, -0.1) is 0 Å². The zero-order valence-corrected chi connectivity index (χ0v) is 7.70. The second-order valence-electron chi connectivity index (χ2n) is 2.26. The van der Waals surface area contributed by atoms with Gasteiger partial charge in [-0.05, 0) is 13.3 Å². The average molecular weight is 174 g/mol. The zero-order chi connectivity index (χ0) is 8.85. The van der Waals surface area contributed by atoms with Gasteiger partial charge in [-0.2, -0.15) is 0 Å². The molecule has 0 saturated carbocycles. The van der Waals surface area contributed by atoms with Gasteiger partial charge in [0, 0.05) is 6.54 Å². The average Bonchev–Trinajstić information content (AvgIpc) is 1.88. The summed E-state index contributed by atoms with van der Waals surface area (Å²) in [4.78, 5) is 11.4. The first kappa shape index (κ1) is 10.4. The van der Waals surface area contributed by atoms with E-state index in [-0.39, 0.29) is 16.8 Å². The Balaban J connectivity index is 4.03. The van der Waals surface area contributed by atoms with Crippen LogP contribution in [0.4, 0.5) is 0 Å². The third-order valence-electron chi connectivity index (χ3n) is 1.42. The number of amides is 1. The summed E-state index contributed by atoms with van der Waals surface area (Å²) in [6.07, 6.45) is 0.668. The van der Waals surface area contributed by atoms with Crippen LogP contribution in [0.3, 0.4) is 0 Å². The summed E-state index contributed by atoms with van der Waals surface area (Å²) in [5, 5.41) is 2.67. The molecule has 4 heteroatoms. The first-order chi connectivity index (χ1) is 5.13. The van der Waals surface area contributed by atoms with Crippen molar-refractivity contribution >= 4 is 23.1 Å². The van der Waals surface area contributed by atoms with Crippen molar-refractivity contribution in [3.05, 3.63) is 0 Å². The van der Waals surface area contributed by atoms with Gasteiger partial charge in [0.25, 0.3) is 0 Å². The van der Waals surface area contributed by atoms with E-state index in [1.165, 1.54) is 0 Å². The van der Waals surface area contributed by atoms with Gasteiger partial charge in [0.15, 0.2) is 0 Å². The van der Waals surface area contributed by atoms with Gasteiger partial charge in [-0.3, -0.25) is 4.79 Å². The molecule has 0 fully saturated rings. The Morgan fingerprint density at radius 2 is 2.18 bits per heavy atom. The largest absolute Gasteiger partial charge is 0.393 e. The lowest BCUT2D eigenvalue weighted by atomic mass is 10.1. The molecule has 0 spiro atoms. The van der Waals surface area contributed by atoms with Crippen LogP contribution in [-0.4, -0.2) is 17.4 Å². The molecule has 64 valence electrons. The smallest absolute Gasteiger partial charge is 0.229 e. The van der Waals surface area contributed by atoms with Crippen molar-refractivity contribution in [3.8, 4) is 0 Å². The Hall–Kier alpha value is -0.640. The second-order valence-corrected chi connectivity index (χ2v) is 2.73. The van der Waals surface area contributed by atoms with Crippen LogP contribution in [0.15, 0.2) is 0 Å². The summed E-state index contributed by atoms with van der Waals surface area (Å²) >= 11 is 4.72. The highest BCUT2D eigenvalue weighted by atomic mass is 32.1. The van der Waals surface area contributed by atoms with Crippen molar-refractivity contribution in [3.63, 3.8) is 0 Å². The summed E-state index contributed by atoms with van der Waals surface area (Å²) in [7, 11) is 0. The molecule has 0 aliphatic heterocycles. The molecule has 0 radical (unpaired) electrons. The number of hydrogen-bond acceptors (Lipinski definition) is 2.